The lowest BCUT2D eigenvalue weighted by molar-refractivity contribution is 0.0956. The number of aryl methyl sites for hydroxylation is 1. The molecule has 1 aromatic rings. The van der Waals surface area contributed by atoms with E-state index in [1.807, 2.05) is 18.4 Å². The highest BCUT2D eigenvalue weighted by Crippen LogP contribution is 2.23. The summed E-state index contributed by atoms with van der Waals surface area (Å²) in [6.45, 7) is 2.06. The molecule has 1 fully saturated rings. The van der Waals surface area contributed by atoms with Crippen LogP contribution in [0.2, 0.25) is 0 Å². The van der Waals surface area contributed by atoms with Gasteiger partial charge in [-0.1, -0.05) is 25.0 Å². The second-order valence-corrected chi connectivity index (χ2v) is 7.89. The molecule has 0 spiro atoms. The van der Waals surface area contributed by atoms with Crippen molar-refractivity contribution in [3.8, 4) is 0 Å². The lowest BCUT2D eigenvalue weighted by atomic mass is 9.91. The molecule has 1 aromatic carbocycles. The van der Waals surface area contributed by atoms with Crippen LogP contribution in [-0.4, -0.2) is 53.6 Å². The SMILES string of the molecule is CSCCNC(=O)c1ccc(CCCCC2CCN(C(=O)O)CC2)cc1. The van der Waals surface area contributed by atoms with Gasteiger partial charge in [0.05, 0.1) is 0 Å². The summed E-state index contributed by atoms with van der Waals surface area (Å²) < 4.78 is 0. The van der Waals surface area contributed by atoms with Gasteiger partial charge in [-0.15, -0.1) is 0 Å². The van der Waals surface area contributed by atoms with Gasteiger partial charge in [0, 0.05) is 31.0 Å². The number of hydrogen-bond acceptors (Lipinski definition) is 3. The molecule has 26 heavy (non-hydrogen) atoms. The summed E-state index contributed by atoms with van der Waals surface area (Å²) >= 11 is 1.72. The fraction of sp³-hybridized carbons (Fsp3) is 0.600. The summed E-state index contributed by atoms with van der Waals surface area (Å²) in [6.07, 6.45) is 7.75. The molecule has 0 saturated carbocycles. The van der Waals surface area contributed by atoms with Gasteiger partial charge in [-0.3, -0.25) is 4.79 Å². The highest BCUT2D eigenvalue weighted by molar-refractivity contribution is 7.98. The summed E-state index contributed by atoms with van der Waals surface area (Å²) in [6, 6.07) is 7.92. The van der Waals surface area contributed by atoms with Gasteiger partial charge < -0.3 is 15.3 Å². The molecule has 1 heterocycles. The Morgan fingerprint density at radius 3 is 2.50 bits per heavy atom. The first-order valence-electron chi connectivity index (χ1n) is 9.44. The largest absolute Gasteiger partial charge is 0.465 e. The number of unbranched alkanes of at least 4 members (excludes halogenated alkanes) is 1. The number of likely N-dealkylation sites (tertiary alicyclic amines) is 1. The molecule has 0 bridgehead atoms. The molecule has 1 saturated heterocycles. The minimum Gasteiger partial charge on any atom is -0.465 e. The van der Waals surface area contributed by atoms with E-state index in [1.54, 1.807) is 11.8 Å². The highest BCUT2D eigenvalue weighted by Gasteiger charge is 2.21. The predicted octanol–water partition coefficient (Wildman–Crippen LogP) is 3.88. The van der Waals surface area contributed by atoms with Crippen molar-refractivity contribution in [1.82, 2.24) is 10.2 Å². The Hall–Kier alpha value is -1.69. The fourth-order valence-electron chi connectivity index (χ4n) is 3.37. The maximum absolute atomic E-state index is 12.0. The monoisotopic (exact) mass is 378 g/mol. The molecule has 1 aliphatic heterocycles. The van der Waals surface area contributed by atoms with E-state index in [2.05, 4.69) is 17.4 Å². The first kappa shape index (κ1) is 20.6. The van der Waals surface area contributed by atoms with Gasteiger partial charge in [0.1, 0.15) is 0 Å². The highest BCUT2D eigenvalue weighted by atomic mass is 32.2. The van der Waals surface area contributed by atoms with Gasteiger partial charge in [-0.25, -0.2) is 4.79 Å². The standard InChI is InChI=1S/C20H30N2O3S/c1-26-15-12-21-19(23)18-8-6-16(7-9-18)4-2-3-5-17-10-13-22(14-11-17)20(24)25/h6-9,17H,2-5,10-15H2,1H3,(H,21,23)(H,24,25). The molecule has 144 valence electrons. The van der Waals surface area contributed by atoms with Gasteiger partial charge >= 0.3 is 6.09 Å². The average Bonchev–Trinajstić information content (AvgIpc) is 2.66. The molecular weight excluding hydrogens is 348 g/mol. The average molecular weight is 379 g/mol. The fourth-order valence-corrected chi connectivity index (χ4v) is 3.67. The lowest BCUT2D eigenvalue weighted by Gasteiger charge is -2.29. The Kier molecular flexibility index (Phi) is 8.81. The second kappa shape index (κ2) is 11.1. The van der Waals surface area contributed by atoms with Crippen molar-refractivity contribution in [3.63, 3.8) is 0 Å². The first-order valence-corrected chi connectivity index (χ1v) is 10.8. The van der Waals surface area contributed by atoms with Crippen LogP contribution in [0, 0.1) is 5.92 Å². The second-order valence-electron chi connectivity index (χ2n) is 6.90. The van der Waals surface area contributed by atoms with E-state index in [4.69, 9.17) is 5.11 Å². The number of rotatable bonds is 9. The zero-order valence-corrected chi connectivity index (χ0v) is 16.4. The van der Waals surface area contributed by atoms with Crippen LogP contribution in [0.1, 0.15) is 48.0 Å². The van der Waals surface area contributed by atoms with Crippen LogP contribution in [0.3, 0.4) is 0 Å². The molecule has 2 amide bonds. The number of piperidine rings is 1. The van der Waals surface area contributed by atoms with E-state index < -0.39 is 6.09 Å². The third-order valence-electron chi connectivity index (χ3n) is 5.02. The molecule has 6 heteroatoms. The minimum atomic E-state index is -0.787. The number of nitrogens with zero attached hydrogens (tertiary/aromatic N) is 1. The third-order valence-corrected chi connectivity index (χ3v) is 5.63. The van der Waals surface area contributed by atoms with E-state index in [9.17, 15) is 9.59 Å². The number of thioether (sulfide) groups is 1. The Balaban J connectivity index is 1.62. The number of carbonyl (C=O) groups is 2. The van der Waals surface area contributed by atoms with E-state index >= 15 is 0 Å². The van der Waals surface area contributed by atoms with Crippen molar-refractivity contribution in [2.24, 2.45) is 5.92 Å². The number of benzene rings is 1. The zero-order chi connectivity index (χ0) is 18.8. The number of carbonyl (C=O) groups excluding carboxylic acids is 1. The predicted molar refractivity (Wildman–Crippen MR) is 107 cm³/mol. The number of carboxylic acid groups (broad SMARTS) is 1. The summed E-state index contributed by atoms with van der Waals surface area (Å²) in [4.78, 5) is 24.4. The summed E-state index contributed by atoms with van der Waals surface area (Å²) in [5, 5.41) is 11.9. The molecule has 0 aliphatic carbocycles. The van der Waals surface area contributed by atoms with E-state index in [-0.39, 0.29) is 5.91 Å². The Labute approximate surface area is 160 Å². The van der Waals surface area contributed by atoms with Crippen LogP contribution in [0.5, 0.6) is 0 Å². The van der Waals surface area contributed by atoms with Gasteiger partial charge in [-0.05, 0) is 55.6 Å². The molecule has 5 nitrogen and oxygen atoms in total. The van der Waals surface area contributed by atoms with E-state index in [0.717, 1.165) is 37.0 Å². The van der Waals surface area contributed by atoms with Crippen molar-refractivity contribution in [2.75, 3.05) is 31.6 Å². The molecule has 2 rings (SSSR count). The Morgan fingerprint density at radius 2 is 1.88 bits per heavy atom. The smallest absolute Gasteiger partial charge is 0.407 e. The zero-order valence-electron chi connectivity index (χ0n) is 15.6. The topological polar surface area (TPSA) is 69.6 Å². The summed E-state index contributed by atoms with van der Waals surface area (Å²) in [5.41, 5.74) is 1.99. The van der Waals surface area contributed by atoms with Crippen LogP contribution >= 0.6 is 11.8 Å². The van der Waals surface area contributed by atoms with Crippen LogP contribution in [0.4, 0.5) is 4.79 Å². The van der Waals surface area contributed by atoms with Gasteiger partial charge in [0.2, 0.25) is 0 Å². The van der Waals surface area contributed by atoms with Crippen molar-refractivity contribution in [2.45, 2.75) is 38.5 Å². The van der Waals surface area contributed by atoms with E-state index in [0.29, 0.717) is 25.6 Å². The Bertz CT molecular complexity index is 569. The summed E-state index contributed by atoms with van der Waals surface area (Å²) in [7, 11) is 0. The van der Waals surface area contributed by atoms with Gasteiger partial charge in [0.15, 0.2) is 0 Å². The number of amides is 2. The maximum Gasteiger partial charge on any atom is 0.407 e. The first-order chi connectivity index (χ1) is 12.6. The molecule has 0 unspecified atom stereocenters. The third kappa shape index (κ3) is 6.90. The van der Waals surface area contributed by atoms with Crippen molar-refractivity contribution >= 4 is 23.8 Å². The van der Waals surface area contributed by atoms with Crippen molar-refractivity contribution in [1.29, 1.82) is 0 Å². The van der Waals surface area contributed by atoms with Crippen molar-refractivity contribution in [3.05, 3.63) is 35.4 Å². The summed E-state index contributed by atoms with van der Waals surface area (Å²) in [5.74, 6) is 1.59. The maximum atomic E-state index is 12.0. The molecule has 2 N–H and O–H groups in total. The van der Waals surface area contributed by atoms with Crippen LogP contribution < -0.4 is 5.32 Å². The normalized spacial score (nSPS) is 15.0. The van der Waals surface area contributed by atoms with Crippen LogP contribution in [0.25, 0.3) is 0 Å². The van der Waals surface area contributed by atoms with Crippen molar-refractivity contribution < 1.29 is 14.7 Å². The van der Waals surface area contributed by atoms with Gasteiger partial charge in [-0.2, -0.15) is 11.8 Å². The van der Waals surface area contributed by atoms with Crippen LogP contribution in [0.15, 0.2) is 24.3 Å². The molecule has 0 atom stereocenters. The molecule has 1 aliphatic rings. The number of hydrogen-bond donors (Lipinski definition) is 2. The molecule has 0 radical (unpaired) electrons. The Morgan fingerprint density at radius 1 is 1.19 bits per heavy atom. The van der Waals surface area contributed by atoms with E-state index in [1.165, 1.54) is 23.3 Å². The quantitative estimate of drug-likeness (QED) is 0.640. The van der Waals surface area contributed by atoms with Crippen LogP contribution in [-0.2, 0) is 6.42 Å². The number of nitrogens with one attached hydrogen (secondary N) is 1. The minimum absolute atomic E-state index is 0.00157. The van der Waals surface area contributed by atoms with Gasteiger partial charge in [0.25, 0.3) is 5.91 Å². The molecular formula is C20H30N2O3S. The molecule has 0 aromatic heterocycles. The lowest BCUT2D eigenvalue weighted by Crippen LogP contribution is -2.37.